The molecule has 0 aliphatic carbocycles. The Balaban J connectivity index is 2.06. The van der Waals surface area contributed by atoms with Crippen LogP contribution in [-0.2, 0) is 6.42 Å². The average molecular weight is 261 g/mol. The Morgan fingerprint density at radius 3 is 2.20 bits per heavy atom. The molecule has 3 aromatic rings. The topological polar surface area (TPSA) is 3.24 Å². The van der Waals surface area contributed by atoms with Gasteiger partial charge in [-0.05, 0) is 28.0 Å². The van der Waals surface area contributed by atoms with Crippen LogP contribution in [0.5, 0.6) is 0 Å². The van der Waals surface area contributed by atoms with E-state index in [1.54, 1.807) is 0 Å². The quantitative estimate of drug-likeness (QED) is 0.671. The van der Waals surface area contributed by atoms with Gasteiger partial charge in [-0.25, -0.2) is 0 Å². The highest BCUT2D eigenvalue weighted by atomic mass is 15.1. The number of para-hydroxylation sites is 1. The zero-order chi connectivity index (χ0) is 13.9. The fraction of sp³-hybridized carbons (Fsp3) is 0.158. The maximum atomic E-state index is 2.23. The van der Waals surface area contributed by atoms with Crippen molar-refractivity contribution < 1.29 is 0 Å². The summed E-state index contributed by atoms with van der Waals surface area (Å²) in [4.78, 5) is 2.18. The number of rotatable bonds is 3. The molecule has 3 rings (SSSR count). The molecule has 20 heavy (non-hydrogen) atoms. The van der Waals surface area contributed by atoms with E-state index in [1.807, 2.05) is 0 Å². The van der Waals surface area contributed by atoms with E-state index >= 15 is 0 Å². The van der Waals surface area contributed by atoms with Gasteiger partial charge < -0.3 is 4.90 Å². The highest BCUT2D eigenvalue weighted by molar-refractivity contribution is 5.86. The molecule has 3 aromatic carbocycles. The standard InChI is InChI=1S/C19H19N/c1-20(2)19-13-6-4-9-17(19)14-16-11-7-10-15-8-3-5-12-18(15)16/h3-13H,14H2,1-2H3. The van der Waals surface area contributed by atoms with E-state index in [9.17, 15) is 0 Å². The zero-order valence-electron chi connectivity index (χ0n) is 12.0. The van der Waals surface area contributed by atoms with E-state index in [0.29, 0.717) is 0 Å². The molecule has 1 heteroatoms. The van der Waals surface area contributed by atoms with Crippen LogP contribution in [0.15, 0.2) is 66.7 Å². The summed E-state index contributed by atoms with van der Waals surface area (Å²) in [6.07, 6.45) is 0.968. The van der Waals surface area contributed by atoms with Crippen molar-refractivity contribution in [2.45, 2.75) is 6.42 Å². The Hall–Kier alpha value is -2.28. The van der Waals surface area contributed by atoms with Crippen molar-refractivity contribution in [1.82, 2.24) is 0 Å². The van der Waals surface area contributed by atoms with Crippen LogP contribution in [0.25, 0.3) is 10.8 Å². The predicted molar refractivity (Wildman–Crippen MR) is 87.5 cm³/mol. The molecular weight excluding hydrogens is 242 g/mol. The molecule has 0 aliphatic rings. The number of anilines is 1. The van der Waals surface area contributed by atoms with Crippen LogP contribution in [0.2, 0.25) is 0 Å². The van der Waals surface area contributed by atoms with Gasteiger partial charge in [-0.3, -0.25) is 0 Å². The Morgan fingerprint density at radius 1 is 0.700 bits per heavy atom. The first kappa shape index (κ1) is 12.7. The van der Waals surface area contributed by atoms with Crippen LogP contribution in [0.1, 0.15) is 11.1 Å². The monoisotopic (exact) mass is 261 g/mol. The number of hydrogen-bond acceptors (Lipinski definition) is 1. The summed E-state index contributed by atoms with van der Waals surface area (Å²) in [5.74, 6) is 0. The van der Waals surface area contributed by atoms with Crippen LogP contribution in [-0.4, -0.2) is 14.1 Å². The fourth-order valence-corrected chi connectivity index (χ4v) is 2.75. The lowest BCUT2D eigenvalue weighted by Crippen LogP contribution is -2.11. The summed E-state index contributed by atoms with van der Waals surface area (Å²) in [5.41, 5.74) is 4.05. The summed E-state index contributed by atoms with van der Waals surface area (Å²) < 4.78 is 0. The van der Waals surface area contributed by atoms with Crippen molar-refractivity contribution in [3.8, 4) is 0 Å². The van der Waals surface area contributed by atoms with Crippen molar-refractivity contribution in [3.63, 3.8) is 0 Å². The normalized spacial score (nSPS) is 10.7. The minimum atomic E-state index is 0.968. The first-order valence-electron chi connectivity index (χ1n) is 6.97. The molecule has 0 amide bonds. The molecule has 0 heterocycles. The summed E-state index contributed by atoms with van der Waals surface area (Å²) in [6, 6.07) is 23.8. The molecule has 0 N–H and O–H groups in total. The van der Waals surface area contributed by atoms with Gasteiger partial charge >= 0.3 is 0 Å². The minimum Gasteiger partial charge on any atom is -0.377 e. The highest BCUT2D eigenvalue weighted by Gasteiger charge is 2.06. The zero-order valence-corrected chi connectivity index (χ0v) is 12.0. The van der Waals surface area contributed by atoms with Crippen LogP contribution in [0, 0.1) is 0 Å². The molecule has 0 aliphatic heterocycles. The van der Waals surface area contributed by atoms with Gasteiger partial charge in [0.25, 0.3) is 0 Å². The summed E-state index contributed by atoms with van der Waals surface area (Å²) in [7, 11) is 4.20. The molecule has 0 fully saturated rings. The van der Waals surface area contributed by atoms with Crippen LogP contribution < -0.4 is 4.90 Å². The van der Waals surface area contributed by atoms with E-state index in [-0.39, 0.29) is 0 Å². The molecule has 0 unspecified atom stereocenters. The molecule has 0 radical (unpaired) electrons. The molecule has 0 saturated heterocycles. The highest BCUT2D eigenvalue weighted by Crippen LogP contribution is 2.25. The van der Waals surface area contributed by atoms with Crippen LogP contribution in [0.4, 0.5) is 5.69 Å². The van der Waals surface area contributed by atoms with Gasteiger partial charge in [0, 0.05) is 26.2 Å². The Kier molecular flexibility index (Phi) is 3.42. The van der Waals surface area contributed by atoms with Gasteiger partial charge in [0.05, 0.1) is 0 Å². The molecule has 0 aromatic heterocycles. The van der Waals surface area contributed by atoms with Crippen molar-refractivity contribution in [3.05, 3.63) is 77.9 Å². The lowest BCUT2D eigenvalue weighted by atomic mass is 9.97. The molecule has 0 bridgehead atoms. The smallest absolute Gasteiger partial charge is 0.0396 e. The summed E-state index contributed by atoms with van der Waals surface area (Å²) in [5, 5.41) is 2.66. The van der Waals surface area contributed by atoms with Gasteiger partial charge in [0.1, 0.15) is 0 Å². The molecule has 0 saturated carbocycles. The maximum absolute atomic E-state index is 2.23. The first-order chi connectivity index (χ1) is 9.75. The second kappa shape index (κ2) is 5.38. The molecule has 1 nitrogen and oxygen atoms in total. The molecule has 0 atom stereocenters. The number of nitrogens with zero attached hydrogens (tertiary/aromatic N) is 1. The minimum absolute atomic E-state index is 0.968. The lowest BCUT2D eigenvalue weighted by Gasteiger charge is -2.18. The van der Waals surface area contributed by atoms with Gasteiger partial charge in [0.15, 0.2) is 0 Å². The van der Waals surface area contributed by atoms with Gasteiger partial charge in [-0.1, -0.05) is 60.7 Å². The number of hydrogen-bond donors (Lipinski definition) is 0. The second-order valence-electron chi connectivity index (χ2n) is 5.34. The average Bonchev–Trinajstić information content (AvgIpc) is 2.48. The predicted octanol–water partition coefficient (Wildman–Crippen LogP) is 4.50. The van der Waals surface area contributed by atoms with Crippen LogP contribution >= 0.6 is 0 Å². The Morgan fingerprint density at radius 2 is 1.35 bits per heavy atom. The fourth-order valence-electron chi connectivity index (χ4n) is 2.75. The third-order valence-electron chi connectivity index (χ3n) is 3.73. The lowest BCUT2D eigenvalue weighted by molar-refractivity contribution is 1.08. The van der Waals surface area contributed by atoms with Gasteiger partial charge in [0.2, 0.25) is 0 Å². The van der Waals surface area contributed by atoms with Gasteiger partial charge in [-0.2, -0.15) is 0 Å². The van der Waals surface area contributed by atoms with Crippen molar-refractivity contribution in [2.75, 3.05) is 19.0 Å². The summed E-state index contributed by atoms with van der Waals surface area (Å²) >= 11 is 0. The third kappa shape index (κ3) is 2.39. The first-order valence-corrected chi connectivity index (χ1v) is 6.97. The SMILES string of the molecule is CN(C)c1ccccc1Cc1cccc2ccccc12. The summed E-state index contributed by atoms with van der Waals surface area (Å²) in [6.45, 7) is 0. The molecular formula is C19H19N. The number of fused-ring (bicyclic) bond motifs is 1. The third-order valence-corrected chi connectivity index (χ3v) is 3.73. The van der Waals surface area contributed by atoms with Crippen molar-refractivity contribution in [2.24, 2.45) is 0 Å². The largest absolute Gasteiger partial charge is 0.377 e. The Bertz CT molecular complexity index is 723. The number of benzene rings is 3. The van der Waals surface area contributed by atoms with Crippen LogP contribution in [0.3, 0.4) is 0 Å². The van der Waals surface area contributed by atoms with E-state index in [1.165, 1.54) is 27.6 Å². The Labute approximate surface area is 120 Å². The van der Waals surface area contributed by atoms with E-state index in [2.05, 4.69) is 85.7 Å². The maximum Gasteiger partial charge on any atom is 0.0396 e. The van der Waals surface area contributed by atoms with E-state index < -0.39 is 0 Å². The molecule has 0 spiro atoms. The van der Waals surface area contributed by atoms with Crippen molar-refractivity contribution >= 4 is 16.5 Å². The molecule has 100 valence electrons. The van der Waals surface area contributed by atoms with E-state index in [0.717, 1.165) is 6.42 Å². The van der Waals surface area contributed by atoms with E-state index in [4.69, 9.17) is 0 Å². The van der Waals surface area contributed by atoms with Gasteiger partial charge in [-0.15, -0.1) is 0 Å². The second-order valence-corrected chi connectivity index (χ2v) is 5.34. The van der Waals surface area contributed by atoms with Crippen molar-refractivity contribution in [1.29, 1.82) is 0 Å².